The lowest BCUT2D eigenvalue weighted by Crippen LogP contribution is -2.24. The fraction of sp³-hybridized carbons (Fsp3) is 0.270. The first-order valence-electron chi connectivity index (χ1n) is 23.6. The number of allylic oxidation sites excluding steroid dienone is 3. The first-order chi connectivity index (χ1) is 30.8. The van der Waals surface area contributed by atoms with Crippen molar-refractivity contribution < 1.29 is 0 Å². The molecule has 0 bridgehead atoms. The van der Waals surface area contributed by atoms with Crippen LogP contribution in [-0.2, 0) is 0 Å². The lowest BCUT2D eigenvalue weighted by atomic mass is 9.79. The molecule has 64 heavy (non-hydrogen) atoms. The van der Waals surface area contributed by atoms with Crippen molar-refractivity contribution in [2.75, 3.05) is 4.90 Å². The molecule has 0 N–H and O–H groups in total. The van der Waals surface area contributed by atoms with Crippen molar-refractivity contribution in [3.8, 4) is 22.3 Å². The van der Waals surface area contributed by atoms with Crippen LogP contribution in [0.3, 0.4) is 0 Å². The molecule has 1 nitrogen and oxygen atoms in total. The van der Waals surface area contributed by atoms with Crippen LogP contribution >= 0.6 is 0 Å². The van der Waals surface area contributed by atoms with Crippen LogP contribution < -0.4 is 4.90 Å². The highest BCUT2D eigenvalue weighted by Gasteiger charge is 2.29. The molecule has 0 saturated carbocycles. The summed E-state index contributed by atoms with van der Waals surface area (Å²) in [5.41, 5.74) is 16.5. The molecule has 1 aliphatic carbocycles. The highest BCUT2D eigenvalue weighted by atomic mass is 15.2. The smallest absolute Gasteiger partial charge is 0.0493 e. The predicted molar refractivity (Wildman–Crippen MR) is 290 cm³/mol. The fourth-order valence-corrected chi connectivity index (χ4v) is 9.13. The summed E-state index contributed by atoms with van der Waals surface area (Å²) in [7, 11) is 0. The molecule has 0 amide bonds. The Kier molecular flexibility index (Phi) is 18.5. The Balaban J connectivity index is 0.000000947. The molecule has 0 saturated heterocycles. The van der Waals surface area contributed by atoms with Gasteiger partial charge < -0.3 is 4.90 Å². The van der Waals surface area contributed by atoms with Gasteiger partial charge in [-0.3, -0.25) is 0 Å². The van der Waals surface area contributed by atoms with E-state index >= 15 is 0 Å². The fourth-order valence-electron chi connectivity index (χ4n) is 9.13. The van der Waals surface area contributed by atoms with E-state index in [1.54, 1.807) is 0 Å². The third-order valence-corrected chi connectivity index (χ3v) is 12.0. The maximum absolute atomic E-state index is 2.56. The lowest BCUT2D eigenvalue weighted by molar-refractivity contribution is 0.626. The zero-order valence-electron chi connectivity index (χ0n) is 40.7. The molecule has 8 aromatic carbocycles. The Hall–Kier alpha value is -6.18. The summed E-state index contributed by atoms with van der Waals surface area (Å²) in [5, 5.41) is 7.74. The summed E-state index contributed by atoms with van der Waals surface area (Å²) >= 11 is 0. The van der Waals surface area contributed by atoms with E-state index in [0.717, 1.165) is 0 Å². The van der Waals surface area contributed by atoms with Crippen molar-refractivity contribution in [1.29, 1.82) is 0 Å². The summed E-state index contributed by atoms with van der Waals surface area (Å²) in [4.78, 5) is 2.56. The Labute approximate surface area is 388 Å². The van der Waals surface area contributed by atoms with Gasteiger partial charge in [-0.25, -0.2) is 0 Å². The number of nitrogens with zero attached hydrogens (tertiary/aromatic N) is 1. The van der Waals surface area contributed by atoms with E-state index in [1.807, 2.05) is 55.4 Å². The van der Waals surface area contributed by atoms with Gasteiger partial charge in [0.15, 0.2) is 0 Å². The number of aryl methyl sites for hydroxylation is 4. The zero-order valence-corrected chi connectivity index (χ0v) is 40.7. The average Bonchev–Trinajstić information content (AvgIpc) is 3.34. The molecule has 0 aromatic heterocycles. The van der Waals surface area contributed by atoms with Gasteiger partial charge in [-0.2, -0.15) is 0 Å². The molecule has 8 aromatic rings. The van der Waals surface area contributed by atoms with E-state index in [2.05, 4.69) is 210 Å². The molecule has 2 atom stereocenters. The molecular weight excluding hydrogens is 771 g/mol. The number of hydrogen-bond acceptors (Lipinski definition) is 1. The molecular formula is C63H75N. The minimum absolute atomic E-state index is 0. The third kappa shape index (κ3) is 10.1. The van der Waals surface area contributed by atoms with Crippen molar-refractivity contribution >= 4 is 43.7 Å². The predicted octanol–water partition coefficient (Wildman–Crippen LogP) is 19.9. The van der Waals surface area contributed by atoms with Gasteiger partial charge in [-0.1, -0.05) is 209 Å². The van der Waals surface area contributed by atoms with Crippen molar-refractivity contribution in [3.63, 3.8) is 0 Å². The topological polar surface area (TPSA) is 3.24 Å². The maximum atomic E-state index is 2.56. The summed E-state index contributed by atoms with van der Waals surface area (Å²) in [6.07, 6.45) is 5.05. The van der Waals surface area contributed by atoms with Crippen LogP contribution in [0.1, 0.15) is 110 Å². The number of hydrogen-bond donors (Lipinski definition) is 0. The minimum atomic E-state index is 0. The van der Waals surface area contributed by atoms with Crippen LogP contribution in [0.2, 0.25) is 0 Å². The monoisotopic (exact) mass is 846 g/mol. The summed E-state index contributed by atoms with van der Waals surface area (Å²) in [6.45, 7) is 29.8. The second kappa shape index (κ2) is 23.5. The summed E-state index contributed by atoms with van der Waals surface area (Å²) in [6, 6.07) is 56.0. The van der Waals surface area contributed by atoms with Gasteiger partial charge >= 0.3 is 0 Å². The molecule has 0 heterocycles. The molecule has 0 spiro atoms. The average molecular weight is 846 g/mol. The van der Waals surface area contributed by atoms with Crippen LogP contribution in [0.4, 0.5) is 11.4 Å². The van der Waals surface area contributed by atoms with E-state index in [9.17, 15) is 0 Å². The molecule has 332 valence electrons. The summed E-state index contributed by atoms with van der Waals surface area (Å²) < 4.78 is 0. The highest BCUT2D eigenvalue weighted by molar-refractivity contribution is 5.99. The maximum Gasteiger partial charge on any atom is 0.0493 e. The van der Waals surface area contributed by atoms with Gasteiger partial charge in [0.05, 0.1) is 0 Å². The molecule has 0 fully saturated rings. The zero-order chi connectivity index (χ0) is 45.8. The minimum Gasteiger partial charge on any atom is -0.310 e. The Morgan fingerprint density at radius 3 is 1.20 bits per heavy atom. The van der Waals surface area contributed by atoms with Gasteiger partial charge in [0.2, 0.25) is 0 Å². The van der Waals surface area contributed by atoms with Crippen molar-refractivity contribution in [2.24, 2.45) is 5.92 Å². The largest absolute Gasteiger partial charge is 0.310 e. The van der Waals surface area contributed by atoms with E-state index in [4.69, 9.17) is 0 Å². The van der Waals surface area contributed by atoms with Gasteiger partial charge in [0.1, 0.15) is 0 Å². The second-order valence-corrected chi connectivity index (χ2v) is 15.7. The molecule has 0 aliphatic heterocycles. The van der Waals surface area contributed by atoms with E-state index < -0.39 is 0 Å². The number of benzene rings is 8. The normalized spacial score (nSPS) is 13.8. The van der Waals surface area contributed by atoms with Crippen molar-refractivity contribution in [3.05, 3.63) is 203 Å². The SMILES string of the molecule is C.CC.CC.CC.CC.CC1=CC(c2cccc3ccccc23)C(C)C=C1N(c1cc(C)c(-c2cccc3ccccc23)cc1C)c1cc(C)c(-c2cccc3ccccc23)cc1C. The van der Waals surface area contributed by atoms with E-state index in [-0.39, 0.29) is 13.3 Å². The molecule has 1 heteroatoms. The molecule has 1 aliphatic rings. The van der Waals surface area contributed by atoms with Gasteiger partial charge in [0, 0.05) is 23.0 Å². The molecule has 0 radical (unpaired) electrons. The van der Waals surface area contributed by atoms with E-state index in [1.165, 1.54) is 105 Å². The van der Waals surface area contributed by atoms with Crippen molar-refractivity contribution in [1.82, 2.24) is 0 Å². The number of fused-ring (bicyclic) bond motifs is 3. The molecule has 9 rings (SSSR count). The van der Waals surface area contributed by atoms with Gasteiger partial charge in [-0.05, 0) is 153 Å². The number of anilines is 2. The van der Waals surface area contributed by atoms with Gasteiger partial charge in [0.25, 0.3) is 0 Å². The first-order valence-corrected chi connectivity index (χ1v) is 23.6. The van der Waals surface area contributed by atoms with Gasteiger partial charge in [-0.15, -0.1) is 0 Å². The molecule has 2 unspecified atom stereocenters. The Morgan fingerprint density at radius 1 is 0.375 bits per heavy atom. The van der Waals surface area contributed by atoms with Crippen LogP contribution in [0.5, 0.6) is 0 Å². The van der Waals surface area contributed by atoms with Crippen LogP contribution in [-0.4, -0.2) is 0 Å². The van der Waals surface area contributed by atoms with Crippen LogP contribution in [0.15, 0.2) is 175 Å². The standard InChI is InChI=1S/C54H47N.4C2H6.CH4/c1-34-31-52(37(4)28-49(34)46-25-13-19-40-16-7-10-22-43(40)46)55(53-32-35(2)50(29-38(53)5)47-26-14-20-41-17-8-11-23-44(41)47)54-33-36(3)51(30-39(54)6)48-27-15-21-42-18-9-12-24-45(42)48;4*1-2;/h7-34,49H,1-6H3;4*1-2H3;1H4. The quantitative estimate of drug-likeness (QED) is 0.161. The Bertz CT molecular complexity index is 2700. The first kappa shape index (κ1) is 50.5. The van der Waals surface area contributed by atoms with Crippen molar-refractivity contribution in [2.45, 2.75) is 110 Å². The summed E-state index contributed by atoms with van der Waals surface area (Å²) in [5.74, 6) is 0.574. The lowest BCUT2D eigenvalue weighted by Gasteiger charge is -2.36. The Morgan fingerprint density at radius 2 is 0.750 bits per heavy atom. The third-order valence-electron chi connectivity index (χ3n) is 12.0. The van der Waals surface area contributed by atoms with Crippen LogP contribution in [0, 0.1) is 33.6 Å². The number of rotatable bonds is 6. The highest BCUT2D eigenvalue weighted by Crippen LogP contribution is 2.46. The second-order valence-electron chi connectivity index (χ2n) is 15.7. The van der Waals surface area contributed by atoms with Crippen LogP contribution in [0.25, 0.3) is 54.6 Å². The van der Waals surface area contributed by atoms with E-state index in [0.29, 0.717) is 5.92 Å².